The van der Waals surface area contributed by atoms with E-state index in [2.05, 4.69) is 10.1 Å². The van der Waals surface area contributed by atoms with Crippen molar-refractivity contribution in [2.24, 2.45) is 5.10 Å². The van der Waals surface area contributed by atoms with E-state index in [9.17, 15) is 14.9 Å². The summed E-state index contributed by atoms with van der Waals surface area (Å²) < 4.78 is 6.96. The van der Waals surface area contributed by atoms with Crippen molar-refractivity contribution in [3.05, 3.63) is 134 Å². The first-order valence-corrected chi connectivity index (χ1v) is 11.6. The van der Waals surface area contributed by atoms with E-state index in [1.165, 1.54) is 23.0 Å². The van der Waals surface area contributed by atoms with Gasteiger partial charge in [-0.1, -0.05) is 72.3 Å². The molecule has 1 aromatic heterocycles. The Hall–Kier alpha value is -5.11. The number of aromatic nitrogens is 2. The first kappa shape index (κ1) is 23.6. The maximum Gasteiger partial charge on any atom is 0.311 e. The molecule has 5 aromatic rings. The zero-order valence-corrected chi connectivity index (χ0v) is 19.9. The first-order chi connectivity index (χ1) is 18.0. The Morgan fingerprint density at radius 2 is 1.76 bits per heavy atom. The van der Waals surface area contributed by atoms with Crippen LogP contribution in [0.3, 0.4) is 0 Å². The van der Waals surface area contributed by atoms with Gasteiger partial charge in [-0.25, -0.2) is 4.98 Å². The van der Waals surface area contributed by atoms with E-state index >= 15 is 0 Å². The summed E-state index contributed by atoms with van der Waals surface area (Å²) in [6.07, 6.45) is 1.40. The lowest BCUT2D eigenvalue weighted by atomic mass is 10.1. The fraction of sp³-hybridized carbons (Fsp3) is 0.0690. The van der Waals surface area contributed by atoms with Crippen LogP contribution in [-0.4, -0.2) is 20.8 Å². The summed E-state index contributed by atoms with van der Waals surface area (Å²) in [5.74, 6) is 0.520. The van der Waals surface area contributed by atoms with Crippen LogP contribution in [0.4, 0.5) is 5.69 Å². The number of nitrogens with zero attached hydrogens (tertiary/aromatic N) is 4. The second-order valence-corrected chi connectivity index (χ2v) is 8.44. The standard InChI is InChI=1S/C29H22N4O4/c1-20-8-7-9-22(16-20)19-37-27-15-14-21(17-26(27)33(35)36)18-30-32-28(23-10-3-2-4-11-23)31-25-13-6-5-12-24(25)29(32)34/h2-18H,19H2,1H3. The Balaban J connectivity index is 1.51. The van der Waals surface area contributed by atoms with Gasteiger partial charge in [0.2, 0.25) is 0 Å². The molecule has 0 saturated carbocycles. The van der Waals surface area contributed by atoms with Crippen LogP contribution >= 0.6 is 0 Å². The number of fused-ring (bicyclic) bond motifs is 1. The summed E-state index contributed by atoms with van der Waals surface area (Å²) in [5, 5.41) is 16.6. The highest BCUT2D eigenvalue weighted by Crippen LogP contribution is 2.28. The van der Waals surface area contributed by atoms with Crippen LogP contribution in [0.15, 0.2) is 107 Å². The third-order valence-corrected chi connectivity index (χ3v) is 5.76. The molecule has 0 aliphatic heterocycles. The maximum atomic E-state index is 13.3. The summed E-state index contributed by atoms with van der Waals surface area (Å²) >= 11 is 0. The summed E-state index contributed by atoms with van der Waals surface area (Å²) in [4.78, 5) is 29.2. The van der Waals surface area contributed by atoms with Crippen LogP contribution < -0.4 is 10.3 Å². The summed E-state index contributed by atoms with van der Waals surface area (Å²) in [5.41, 5.74) is 3.18. The van der Waals surface area contributed by atoms with Gasteiger partial charge in [-0.2, -0.15) is 9.78 Å². The van der Waals surface area contributed by atoms with E-state index < -0.39 is 4.92 Å². The van der Waals surface area contributed by atoms with Crippen LogP contribution in [0.5, 0.6) is 5.75 Å². The summed E-state index contributed by atoms with van der Waals surface area (Å²) in [6.45, 7) is 2.17. The van der Waals surface area contributed by atoms with E-state index in [1.54, 1.807) is 24.3 Å². The Bertz CT molecular complexity index is 1690. The molecule has 5 rings (SSSR count). The number of hydrogen-bond acceptors (Lipinski definition) is 6. The van der Waals surface area contributed by atoms with E-state index in [4.69, 9.17) is 4.74 Å². The summed E-state index contributed by atoms with van der Waals surface area (Å²) in [6, 6.07) is 28.6. The quantitative estimate of drug-likeness (QED) is 0.165. The van der Waals surface area contributed by atoms with Crippen molar-refractivity contribution < 1.29 is 9.66 Å². The highest BCUT2D eigenvalue weighted by Gasteiger charge is 2.17. The van der Waals surface area contributed by atoms with E-state index in [0.717, 1.165) is 11.1 Å². The van der Waals surface area contributed by atoms with Gasteiger partial charge in [-0.15, -0.1) is 0 Å². The molecule has 37 heavy (non-hydrogen) atoms. The van der Waals surface area contributed by atoms with Crippen LogP contribution in [-0.2, 0) is 6.61 Å². The molecular weight excluding hydrogens is 468 g/mol. The van der Waals surface area contributed by atoms with Gasteiger partial charge in [-0.3, -0.25) is 14.9 Å². The van der Waals surface area contributed by atoms with E-state index in [0.29, 0.717) is 27.9 Å². The molecule has 1 heterocycles. The lowest BCUT2D eigenvalue weighted by Crippen LogP contribution is -2.20. The second kappa shape index (κ2) is 10.2. The lowest BCUT2D eigenvalue weighted by molar-refractivity contribution is -0.385. The maximum absolute atomic E-state index is 13.3. The van der Waals surface area contributed by atoms with Gasteiger partial charge in [0.15, 0.2) is 11.6 Å². The first-order valence-electron chi connectivity index (χ1n) is 11.6. The van der Waals surface area contributed by atoms with Crippen LogP contribution in [0.1, 0.15) is 16.7 Å². The zero-order chi connectivity index (χ0) is 25.8. The number of aryl methyl sites for hydroxylation is 1. The molecule has 0 aliphatic rings. The van der Waals surface area contributed by atoms with Gasteiger partial charge in [0.05, 0.1) is 22.0 Å². The topological polar surface area (TPSA) is 99.6 Å². The molecule has 0 saturated heterocycles. The van der Waals surface area contributed by atoms with Gasteiger partial charge >= 0.3 is 5.69 Å². The molecule has 8 nitrogen and oxygen atoms in total. The van der Waals surface area contributed by atoms with Crippen molar-refractivity contribution in [2.75, 3.05) is 0 Å². The van der Waals surface area contributed by atoms with Crippen LogP contribution in [0.25, 0.3) is 22.3 Å². The third-order valence-electron chi connectivity index (χ3n) is 5.76. The fourth-order valence-electron chi connectivity index (χ4n) is 3.97. The van der Waals surface area contributed by atoms with E-state index in [1.807, 2.05) is 67.6 Å². The minimum atomic E-state index is -0.498. The molecule has 0 spiro atoms. The van der Waals surface area contributed by atoms with Crippen molar-refractivity contribution in [2.45, 2.75) is 13.5 Å². The minimum absolute atomic E-state index is 0.151. The number of benzene rings is 4. The highest BCUT2D eigenvalue weighted by atomic mass is 16.6. The number of nitro groups is 1. The second-order valence-electron chi connectivity index (χ2n) is 8.44. The number of hydrogen-bond donors (Lipinski definition) is 0. The molecule has 0 unspecified atom stereocenters. The molecule has 182 valence electrons. The highest BCUT2D eigenvalue weighted by molar-refractivity contribution is 5.83. The van der Waals surface area contributed by atoms with Gasteiger partial charge in [0, 0.05) is 17.2 Å². The normalized spacial score (nSPS) is 11.2. The number of rotatable bonds is 7. The largest absolute Gasteiger partial charge is 0.482 e. The molecule has 0 bridgehead atoms. The predicted molar refractivity (Wildman–Crippen MR) is 143 cm³/mol. The molecule has 0 atom stereocenters. The van der Waals surface area contributed by atoms with Crippen LogP contribution in [0.2, 0.25) is 0 Å². The minimum Gasteiger partial charge on any atom is -0.482 e. The van der Waals surface area contributed by atoms with E-state index in [-0.39, 0.29) is 23.6 Å². The average molecular weight is 491 g/mol. The number of ether oxygens (including phenoxy) is 1. The van der Waals surface area contributed by atoms with Crippen molar-refractivity contribution in [1.29, 1.82) is 0 Å². The van der Waals surface area contributed by atoms with Crippen molar-refractivity contribution in [1.82, 2.24) is 9.66 Å². The monoisotopic (exact) mass is 490 g/mol. The molecule has 0 N–H and O–H groups in total. The Morgan fingerprint density at radius 3 is 2.54 bits per heavy atom. The predicted octanol–water partition coefficient (Wildman–Crippen LogP) is 5.74. The zero-order valence-electron chi connectivity index (χ0n) is 19.9. The Kier molecular flexibility index (Phi) is 6.54. The smallest absolute Gasteiger partial charge is 0.311 e. The van der Waals surface area contributed by atoms with Gasteiger partial charge < -0.3 is 4.74 Å². The molecular formula is C29H22N4O4. The van der Waals surface area contributed by atoms with Crippen LogP contribution in [0, 0.1) is 17.0 Å². The van der Waals surface area contributed by atoms with Gasteiger partial charge in [0.1, 0.15) is 6.61 Å². The van der Waals surface area contributed by atoms with Crippen molar-refractivity contribution >= 4 is 22.8 Å². The molecule has 8 heteroatoms. The summed E-state index contributed by atoms with van der Waals surface area (Å²) in [7, 11) is 0. The molecule has 0 radical (unpaired) electrons. The molecule has 0 amide bonds. The van der Waals surface area contributed by atoms with Crippen molar-refractivity contribution in [3.8, 4) is 17.1 Å². The number of para-hydroxylation sites is 1. The molecule has 0 fully saturated rings. The third kappa shape index (κ3) is 5.13. The molecule has 0 aliphatic carbocycles. The van der Waals surface area contributed by atoms with Crippen molar-refractivity contribution in [3.63, 3.8) is 0 Å². The fourth-order valence-corrected chi connectivity index (χ4v) is 3.97. The SMILES string of the molecule is Cc1cccc(COc2ccc(C=Nn3c(-c4ccccc4)nc4ccccc4c3=O)cc2[N+](=O)[O-])c1. The molecule has 4 aromatic carbocycles. The van der Waals surface area contributed by atoms with Gasteiger partial charge in [-0.05, 0) is 36.8 Å². The van der Waals surface area contributed by atoms with Gasteiger partial charge in [0.25, 0.3) is 5.56 Å². The average Bonchev–Trinajstić information content (AvgIpc) is 2.92. The lowest BCUT2D eigenvalue weighted by Gasteiger charge is -2.10. The number of nitro benzene ring substituents is 1. The Morgan fingerprint density at radius 1 is 0.973 bits per heavy atom. The Labute approximate surface area is 212 Å².